The molecule has 0 radical (unpaired) electrons. The lowest BCUT2D eigenvalue weighted by molar-refractivity contribution is -0.137. The van der Waals surface area contributed by atoms with Crippen LogP contribution in [0.1, 0.15) is 43.9 Å². The summed E-state index contributed by atoms with van der Waals surface area (Å²) < 4.78 is 38.0. The number of hydrogen-bond acceptors (Lipinski definition) is 1. The molecule has 0 spiro atoms. The van der Waals surface area contributed by atoms with Crippen LogP contribution in [0.2, 0.25) is 5.02 Å². The molecule has 18 heavy (non-hydrogen) atoms. The van der Waals surface area contributed by atoms with Gasteiger partial charge < -0.3 is 5.73 Å². The first-order valence-electron chi connectivity index (χ1n) is 5.84. The van der Waals surface area contributed by atoms with E-state index >= 15 is 0 Å². The summed E-state index contributed by atoms with van der Waals surface area (Å²) in [5.74, 6) is 0.477. The highest BCUT2D eigenvalue weighted by Crippen LogP contribution is 2.36. The van der Waals surface area contributed by atoms with Gasteiger partial charge >= 0.3 is 6.18 Å². The molecule has 0 amide bonds. The lowest BCUT2D eigenvalue weighted by Gasteiger charge is -2.16. The van der Waals surface area contributed by atoms with E-state index in [1.54, 1.807) is 6.07 Å². The minimum atomic E-state index is -4.44. The zero-order valence-electron chi connectivity index (χ0n) is 10.4. The number of rotatable bonds is 4. The minimum Gasteiger partial charge on any atom is -0.324 e. The Morgan fingerprint density at radius 3 is 2.33 bits per heavy atom. The normalized spacial score (nSPS) is 14.0. The van der Waals surface area contributed by atoms with Crippen molar-refractivity contribution in [1.29, 1.82) is 0 Å². The second-order valence-electron chi connectivity index (χ2n) is 4.81. The summed E-state index contributed by atoms with van der Waals surface area (Å²) in [6, 6.07) is 3.48. The Bertz CT molecular complexity index is 402. The van der Waals surface area contributed by atoms with Crippen molar-refractivity contribution in [2.24, 2.45) is 11.7 Å². The van der Waals surface area contributed by atoms with E-state index in [1.165, 1.54) is 6.07 Å². The van der Waals surface area contributed by atoms with Crippen molar-refractivity contribution in [3.8, 4) is 0 Å². The van der Waals surface area contributed by atoms with Crippen LogP contribution in [0.15, 0.2) is 18.2 Å². The zero-order chi connectivity index (χ0) is 13.9. The molecule has 0 aliphatic heterocycles. The van der Waals surface area contributed by atoms with Crippen LogP contribution >= 0.6 is 11.6 Å². The van der Waals surface area contributed by atoms with Gasteiger partial charge in [-0.25, -0.2) is 0 Å². The quantitative estimate of drug-likeness (QED) is 0.842. The molecule has 0 bridgehead atoms. The molecule has 0 heterocycles. The lowest BCUT2D eigenvalue weighted by atomic mass is 9.97. The molecule has 0 aliphatic rings. The summed E-state index contributed by atoms with van der Waals surface area (Å²) in [4.78, 5) is 0. The predicted molar refractivity (Wildman–Crippen MR) is 67.5 cm³/mol. The molecule has 1 rings (SSSR count). The number of benzene rings is 1. The van der Waals surface area contributed by atoms with Gasteiger partial charge in [0.05, 0.1) is 10.6 Å². The third-order valence-electron chi connectivity index (χ3n) is 2.78. The van der Waals surface area contributed by atoms with Crippen molar-refractivity contribution in [3.05, 3.63) is 34.3 Å². The van der Waals surface area contributed by atoms with Crippen LogP contribution in [-0.2, 0) is 6.18 Å². The summed E-state index contributed by atoms with van der Waals surface area (Å²) >= 11 is 5.55. The maximum Gasteiger partial charge on any atom is 0.417 e. The van der Waals surface area contributed by atoms with Gasteiger partial charge in [0, 0.05) is 6.04 Å². The molecular formula is C13H17ClF3N. The highest BCUT2D eigenvalue weighted by Gasteiger charge is 2.33. The molecule has 0 aromatic heterocycles. The fraction of sp³-hybridized carbons (Fsp3) is 0.538. The molecule has 0 saturated heterocycles. The molecular weight excluding hydrogens is 263 g/mol. The summed E-state index contributed by atoms with van der Waals surface area (Å²) in [6.45, 7) is 4.10. The highest BCUT2D eigenvalue weighted by molar-refractivity contribution is 6.31. The van der Waals surface area contributed by atoms with Crippen LogP contribution in [-0.4, -0.2) is 0 Å². The molecule has 0 fully saturated rings. The van der Waals surface area contributed by atoms with Crippen molar-refractivity contribution < 1.29 is 13.2 Å². The van der Waals surface area contributed by atoms with Gasteiger partial charge in [-0.3, -0.25) is 0 Å². The monoisotopic (exact) mass is 279 g/mol. The van der Waals surface area contributed by atoms with Crippen molar-refractivity contribution >= 4 is 11.6 Å². The van der Waals surface area contributed by atoms with Crippen molar-refractivity contribution in [2.75, 3.05) is 0 Å². The standard InChI is InChI=1S/C13H17ClF3N/c1-8(2)3-6-12(18)9-4-5-11(14)10(7-9)13(15,16)17/h4-5,7-8,12H,3,6,18H2,1-2H3/t12-/m0/s1. The number of alkyl halides is 3. The maximum absolute atomic E-state index is 12.7. The molecule has 0 aliphatic carbocycles. The fourth-order valence-corrected chi connectivity index (χ4v) is 1.90. The Labute approximate surface area is 110 Å². The molecule has 1 aromatic rings. The summed E-state index contributed by atoms with van der Waals surface area (Å²) in [5, 5.41) is -0.290. The first-order valence-corrected chi connectivity index (χ1v) is 6.22. The molecule has 102 valence electrons. The van der Waals surface area contributed by atoms with Gasteiger partial charge in [0.2, 0.25) is 0 Å². The van der Waals surface area contributed by atoms with E-state index in [4.69, 9.17) is 17.3 Å². The summed E-state index contributed by atoms with van der Waals surface area (Å²) in [7, 11) is 0. The van der Waals surface area contributed by atoms with Gasteiger partial charge in [0.25, 0.3) is 0 Å². The molecule has 1 aromatic carbocycles. The molecule has 1 atom stereocenters. The van der Waals surface area contributed by atoms with E-state index in [2.05, 4.69) is 13.8 Å². The van der Waals surface area contributed by atoms with E-state index < -0.39 is 11.7 Å². The maximum atomic E-state index is 12.7. The van der Waals surface area contributed by atoms with E-state index in [1.807, 2.05) is 0 Å². The number of nitrogens with two attached hydrogens (primary N) is 1. The largest absolute Gasteiger partial charge is 0.417 e. The fourth-order valence-electron chi connectivity index (χ4n) is 1.67. The average Bonchev–Trinajstić information content (AvgIpc) is 2.24. The Hall–Kier alpha value is -0.740. The van der Waals surface area contributed by atoms with Crippen LogP contribution in [0.3, 0.4) is 0 Å². The number of hydrogen-bond donors (Lipinski definition) is 1. The summed E-state index contributed by atoms with van der Waals surface area (Å²) in [6.07, 6.45) is -2.90. The first kappa shape index (κ1) is 15.3. The van der Waals surface area contributed by atoms with Crippen LogP contribution in [0.4, 0.5) is 13.2 Å². The van der Waals surface area contributed by atoms with Gasteiger partial charge in [-0.2, -0.15) is 13.2 Å². The van der Waals surface area contributed by atoms with Crippen molar-refractivity contribution in [1.82, 2.24) is 0 Å². The van der Waals surface area contributed by atoms with E-state index in [-0.39, 0.29) is 11.1 Å². The predicted octanol–water partition coefficient (Wildman–Crippen LogP) is 4.79. The molecule has 0 saturated carbocycles. The third kappa shape index (κ3) is 4.18. The Balaban J connectivity index is 2.91. The zero-order valence-corrected chi connectivity index (χ0v) is 11.1. The third-order valence-corrected chi connectivity index (χ3v) is 3.11. The van der Waals surface area contributed by atoms with Gasteiger partial charge in [0.15, 0.2) is 0 Å². The van der Waals surface area contributed by atoms with Crippen molar-refractivity contribution in [3.63, 3.8) is 0 Å². The Morgan fingerprint density at radius 1 is 1.22 bits per heavy atom. The van der Waals surface area contributed by atoms with E-state index in [0.29, 0.717) is 17.9 Å². The van der Waals surface area contributed by atoms with Gasteiger partial charge in [0.1, 0.15) is 0 Å². The molecule has 2 N–H and O–H groups in total. The van der Waals surface area contributed by atoms with E-state index in [9.17, 15) is 13.2 Å². The van der Waals surface area contributed by atoms with Crippen LogP contribution in [0.25, 0.3) is 0 Å². The minimum absolute atomic E-state index is 0.290. The SMILES string of the molecule is CC(C)CC[C@H](N)c1ccc(Cl)c(C(F)(F)F)c1. The second-order valence-corrected chi connectivity index (χ2v) is 5.22. The van der Waals surface area contributed by atoms with Crippen LogP contribution in [0, 0.1) is 5.92 Å². The molecule has 5 heteroatoms. The molecule has 1 nitrogen and oxygen atoms in total. The Morgan fingerprint density at radius 2 is 1.83 bits per heavy atom. The number of halogens is 4. The second kappa shape index (κ2) is 5.93. The topological polar surface area (TPSA) is 26.0 Å². The van der Waals surface area contributed by atoms with Crippen LogP contribution in [0.5, 0.6) is 0 Å². The van der Waals surface area contributed by atoms with E-state index in [0.717, 1.165) is 12.5 Å². The highest BCUT2D eigenvalue weighted by atomic mass is 35.5. The van der Waals surface area contributed by atoms with Crippen molar-refractivity contribution in [2.45, 2.75) is 38.9 Å². The Kier molecular flexibility index (Phi) is 5.05. The smallest absolute Gasteiger partial charge is 0.324 e. The van der Waals surface area contributed by atoms with Gasteiger partial charge in [-0.1, -0.05) is 31.5 Å². The van der Waals surface area contributed by atoms with Crippen LogP contribution < -0.4 is 5.73 Å². The summed E-state index contributed by atoms with van der Waals surface area (Å²) in [5.41, 5.74) is 5.56. The van der Waals surface area contributed by atoms with Gasteiger partial charge in [-0.05, 0) is 36.5 Å². The first-order chi connectivity index (χ1) is 8.21. The lowest BCUT2D eigenvalue weighted by Crippen LogP contribution is -2.13. The van der Waals surface area contributed by atoms with Gasteiger partial charge in [-0.15, -0.1) is 0 Å². The average molecular weight is 280 g/mol. The molecule has 0 unspecified atom stereocenters.